The van der Waals surface area contributed by atoms with Crippen LogP contribution >= 0.6 is 11.3 Å². The van der Waals surface area contributed by atoms with Crippen LogP contribution in [-0.4, -0.2) is 42.8 Å². The molecule has 0 unspecified atom stereocenters. The Balaban J connectivity index is 1.84. The fraction of sp³-hybridized carbons (Fsp3) is 0.320. The molecule has 9 heteroatoms. The molecule has 0 radical (unpaired) electrons. The molecule has 2 N–H and O–H groups in total. The Labute approximate surface area is 202 Å². The number of aromatic nitrogens is 1. The summed E-state index contributed by atoms with van der Waals surface area (Å²) in [7, 11) is 3.05. The van der Waals surface area contributed by atoms with Crippen LogP contribution in [-0.2, 0) is 11.2 Å². The zero-order valence-electron chi connectivity index (χ0n) is 19.8. The topological polar surface area (TPSA) is 107 Å². The van der Waals surface area contributed by atoms with E-state index in [1.807, 2.05) is 24.3 Å². The average molecular weight is 485 g/mol. The van der Waals surface area contributed by atoms with Crippen LogP contribution in [0.3, 0.4) is 0 Å². The van der Waals surface area contributed by atoms with Gasteiger partial charge in [-0.1, -0.05) is 0 Å². The van der Waals surface area contributed by atoms with Gasteiger partial charge in [-0.2, -0.15) is 0 Å². The lowest BCUT2D eigenvalue weighted by Crippen LogP contribution is -2.25. The number of hydrogen-bond donors (Lipinski definition) is 2. The van der Waals surface area contributed by atoms with Gasteiger partial charge in [0.25, 0.3) is 5.91 Å². The van der Waals surface area contributed by atoms with Crippen molar-refractivity contribution in [3.05, 3.63) is 53.0 Å². The summed E-state index contributed by atoms with van der Waals surface area (Å²) < 4.78 is 16.0. The van der Waals surface area contributed by atoms with E-state index in [-0.39, 0.29) is 24.7 Å². The molecule has 1 aromatic heterocycles. The van der Waals surface area contributed by atoms with Crippen molar-refractivity contribution in [2.75, 3.05) is 26.1 Å². The van der Waals surface area contributed by atoms with Crippen molar-refractivity contribution in [3.8, 4) is 27.8 Å². The van der Waals surface area contributed by atoms with E-state index in [0.717, 1.165) is 11.3 Å². The van der Waals surface area contributed by atoms with E-state index in [1.54, 1.807) is 46.1 Å². The molecule has 0 aliphatic carbocycles. The largest absolute Gasteiger partial charge is 0.497 e. The molecule has 0 saturated carbocycles. The number of aliphatic hydroxyl groups is 1. The third-order valence-corrected chi connectivity index (χ3v) is 5.97. The molecular formula is C25H28N2O6S. The molecule has 0 spiro atoms. The molecule has 0 saturated heterocycles. The van der Waals surface area contributed by atoms with E-state index in [4.69, 9.17) is 14.2 Å². The number of ether oxygens (including phenoxy) is 3. The van der Waals surface area contributed by atoms with Crippen molar-refractivity contribution in [1.82, 2.24) is 4.98 Å². The highest BCUT2D eigenvalue weighted by Gasteiger charge is 2.25. The van der Waals surface area contributed by atoms with Crippen molar-refractivity contribution in [3.63, 3.8) is 0 Å². The molecule has 0 aliphatic heterocycles. The van der Waals surface area contributed by atoms with Crippen molar-refractivity contribution in [1.29, 1.82) is 0 Å². The van der Waals surface area contributed by atoms with Crippen LogP contribution in [0.1, 0.15) is 36.1 Å². The fourth-order valence-electron chi connectivity index (χ4n) is 2.93. The van der Waals surface area contributed by atoms with Crippen LogP contribution in [0.15, 0.2) is 42.5 Å². The van der Waals surface area contributed by atoms with Crippen LogP contribution in [0.4, 0.5) is 5.69 Å². The third kappa shape index (κ3) is 5.92. The van der Waals surface area contributed by atoms with E-state index in [0.29, 0.717) is 27.0 Å². The second-order valence-electron chi connectivity index (χ2n) is 8.46. The lowest BCUT2D eigenvalue weighted by atomic mass is 9.97. The molecule has 1 amide bonds. The smallest absolute Gasteiger partial charge is 0.316 e. The first-order valence-electron chi connectivity index (χ1n) is 10.6. The molecule has 2 aromatic carbocycles. The molecule has 8 nitrogen and oxygen atoms in total. The number of thiazole rings is 1. The van der Waals surface area contributed by atoms with E-state index in [9.17, 15) is 14.7 Å². The van der Waals surface area contributed by atoms with Gasteiger partial charge in [-0.15, -0.1) is 11.3 Å². The molecule has 3 rings (SSSR count). The van der Waals surface area contributed by atoms with Crippen LogP contribution in [0, 0.1) is 5.41 Å². The van der Waals surface area contributed by atoms with E-state index < -0.39 is 11.4 Å². The van der Waals surface area contributed by atoms with Crippen molar-refractivity contribution in [2.45, 2.75) is 27.2 Å². The van der Waals surface area contributed by atoms with Crippen molar-refractivity contribution in [2.24, 2.45) is 5.41 Å². The molecule has 180 valence electrons. The minimum Gasteiger partial charge on any atom is -0.497 e. The summed E-state index contributed by atoms with van der Waals surface area (Å²) in [6.45, 7) is 5.15. The highest BCUT2D eigenvalue weighted by molar-refractivity contribution is 7.17. The standard InChI is InChI=1S/C25H28N2O6S/c1-25(2,3)24(30)33-19-11-8-16(14-20(19)32-5)26-22(29)21-18(12-13-28)27-23(34-21)15-6-9-17(31-4)10-7-15/h6-11,14,28H,12-13H2,1-5H3,(H,26,29). The van der Waals surface area contributed by atoms with Gasteiger partial charge in [0.2, 0.25) is 0 Å². The van der Waals surface area contributed by atoms with Crippen LogP contribution in [0.2, 0.25) is 0 Å². The van der Waals surface area contributed by atoms with Gasteiger partial charge < -0.3 is 24.6 Å². The molecule has 34 heavy (non-hydrogen) atoms. The number of esters is 1. The summed E-state index contributed by atoms with van der Waals surface area (Å²) >= 11 is 1.24. The van der Waals surface area contributed by atoms with Crippen molar-refractivity contribution >= 4 is 28.9 Å². The SMILES string of the molecule is COc1ccc(-c2nc(CCO)c(C(=O)Nc3ccc(OC(=O)C(C)(C)C)c(OC)c3)s2)cc1. The molecule has 1 heterocycles. The van der Waals surface area contributed by atoms with Crippen molar-refractivity contribution < 1.29 is 28.9 Å². The Morgan fingerprint density at radius 2 is 1.74 bits per heavy atom. The number of nitrogens with zero attached hydrogens (tertiary/aromatic N) is 1. The molecule has 0 aliphatic rings. The van der Waals surface area contributed by atoms with E-state index in [1.165, 1.54) is 18.4 Å². The van der Waals surface area contributed by atoms with Crippen LogP contribution < -0.4 is 19.5 Å². The maximum absolute atomic E-state index is 13.1. The Morgan fingerprint density at radius 1 is 1.03 bits per heavy atom. The number of rotatable bonds is 8. The number of methoxy groups -OCH3 is 2. The van der Waals surface area contributed by atoms with E-state index in [2.05, 4.69) is 10.3 Å². The highest BCUT2D eigenvalue weighted by atomic mass is 32.1. The fourth-order valence-corrected chi connectivity index (χ4v) is 3.94. The molecular weight excluding hydrogens is 456 g/mol. The average Bonchev–Trinajstić information content (AvgIpc) is 3.23. The maximum atomic E-state index is 13.1. The number of benzene rings is 2. The predicted octanol–water partition coefficient (Wildman–Crippen LogP) is 4.57. The zero-order chi connectivity index (χ0) is 24.9. The Bertz CT molecular complexity index is 1170. The van der Waals surface area contributed by atoms with Crippen LogP contribution in [0.25, 0.3) is 10.6 Å². The molecule has 0 bridgehead atoms. The summed E-state index contributed by atoms with van der Waals surface area (Å²) in [5, 5.41) is 13.0. The number of carbonyl (C=O) groups excluding carboxylic acids is 2. The number of nitrogens with one attached hydrogen (secondary N) is 1. The minimum atomic E-state index is -0.672. The van der Waals surface area contributed by atoms with Gasteiger partial charge in [-0.05, 0) is 57.2 Å². The third-order valence-electron chi connectivity index (χ3n) is 4.83. The second-order valence-corrected chi connectivity index (χ2v) is 9.46. The van der Waals surface area contributed by atoms with Crippen LogP contribution in [0.5, 0.6) is 17.2 Å². The Morgan fingerprint density at radius 3 is 2.32 bits per heavy atom. The summed E-state index contributed by atoms with van der Waals surface area (Å²) in [5.74, 6) is 0.545. The summed E-state index contributed by atoms with van der Waals surface area (Å²) in [6.07, 6.45) is 0.250. The van der Waals surface area contributed by atoms with E-state index >= 15 is 0 Å². The van der Waals surface area contributed by atoms with Gasteiger partial charge in [-0.3, -0.25) is 9.59 Å². The zero-order valence-corrected chi connectivity index (χ0v) is 20.6. The van der Waals surface area contributed by atoms with Gasteiger partial charge in [-0.25, -0.2) is 4.98 Å². The lowest BCUT2D eigenvalue weighted by molar-refractivity contribution is -0.143. The van der Waals surface area contributed by atoms with Gasteiger partial charge in [0.1, 0.15) is 15.6 Å². The first-order valence-corrected chi connectivity index (χ1v) is 11.4. The first kappa shape index (κ1) is 25.2. The Kier molecular flexibility index (Phi) is 7.90. The summed E-state index contributed by atoms with van der Waals surface area (Å²) in [6, 6.07) is 12.2. The van der Waals surface area contributed by atoms with Gasteiger partial charge >= 0.3 is 5.97 Å². The minimum absolute atomic E-state index is 0.131. The number of amides is 1. The molecule has 3 aromatic rings. The van der Waals surface area contributed by atoms with Gasteiger partial charge in [0.05, 0.1) is 25.3 Å². The predicted molar refractivity (Wildman–Crippen MR) is 131 cm³/mol. The summed E-state index contributed by atoms with van der Waals surface area (Å²) in [5.41, 5.74) is 1.15. The number of anilines is 1. The first-order chi connectivity index (χ1) is 16.2. The number of carbonyl (C=O) groups is 2. The van der Waals surface area contributed by atoms with Gasteiger partial charge in [0, 0.05) is 30.3 Å². The number of hydrogen-bond acceptors (Lipinski definition) is 8. The molecule has 0 atom stereocenters. The summed E-state index contributed by atoms with van der Waals surface area (Å²) in [4.78, 5) is 30.3. The van der Waals surface area contributed by atoms with Gasteiger partial charge in [0.15, 0.2) is 11.5 Å². The molecule has 0 fully saturated rings. The Hall–Kier alpha value is -3.43. The monoisotopic (exact) mass is 484 g/mol. The number of aliphatic hydroxyl groups excluding tert-OH is 1. The second kappa shape index (κ2) is 10.7. The quantitative estimate of drug-likeness (QED) is 0.356. The maximum Gasteiger partial charge on any atom is 0.316 e. The normalized spacial score (nSPS) is 11.1. The highest BCUT2D eigenvalue weighted by Crippen LogP contribution is 2.34. The lowest BCUT2D eigenvalue weighted by Gasteiger charge is -2.18.